The average Bonchev–Trinajstić information content (AvgIpc) is 3.17. The maximum absolute atomic E-state index is 12.4. The number of carbonyl (C=O) groups is 1. The lowest BCUT2D eigenvalue weighted by atomic mass is 10.1. The van der Waals surface area contributed by atoms with E-state index in [1.807, 2.05) is 42.5 Å². The van der Waals surface area contributed by atoms with Crippen molar-refractivity contribution in [1.29, 1.82) is 0 Å². The molecule has 1 amide bonds. The van der Waals surface area contributed by atoms with Crippen molar-refractivity contribution in [2.24, 2.45) is 5.73 Å². The third-order valence-corrected chi connectivity index (χ3v) is 4.46. The Morgan fingerprint density at radius 1 is 1.17 bits per heavy atom. The zero-order valence-electron chi connectivity index (χ0n) is 16.3. The Morgan fingerprint density at radius 3 is 2.55 bits per heavy atom. The lowest BCUT2D eigenvalue weighted by Crippen LogP contribution is -2.50. The number of nitrogens with two attached hydrogens (primary N) is 1. The van der Waals surface area contributed by atoms with Gasteiger partial charge in [-0.2, -0.15) is 0 Å². The molecule has 7 nitrogen and oxygen atoms in total. The number of hydrogen-bond acceptors (Lipinski definition) is 6. The van der Waals surface area contributed by atoms with Crippen LogP contribution in [0.1, 0.15) is 31.3 Å². The molecular formula is C21H23ClN4O3. The highest BCUT2D eigenvalue weighted by Crippen LogP contribution is 2.27. The van der Waals surface area contributed by atoms with Gasteiger partial charge in [-0.15, -0.1) is 10.2 Å². The first-order valence-electron chi connectivity index (χ1n) is 9.14. The summed E-state index contributed by atoms with van der Waals surface area (Å²) in [5, 5.41) is 11.5. The molecule has 8 heteroatoms. The van der Waals surface area contributed by atoms with Gasteiger partial charge in [-0.25, -0.2) is 0 Å². The van der Waals surface area contributed by atoms with Crippen LogP contribution in [0.4, 0.5) is 0 Å². The molecule has 0 aliphatic rings. The standard InChI is InChI=1S/C21H23ClN4O3/c1-21(2,23)20(27)24-17(13-28-12-14-8-4-3-5-9-14)19-26-25-18(29-19)15-10-6-7-11-16(15)22/h3-11,17H,12-13,23H2,1-2H3,(H,24,27)/t17-/m1/s1. The quantitative estimate of drug-likeness (QED) is 0.584. The number of hydrogen-bond donors (Lipinski definition) is 2. The maximum Gasteiger partial charge on any atom is 0.249 e. The highest BCUT2D eigenvalue weighted by Gasteiger charge is 2.28. The van der Waals surface area contributed by atoms with Crippen LogP contribution >= 0.6 is 11.6 Å². The lowest BCUT2D eigenvalue weighted by Gasteiger charge is -2.22. The molecule has 0 fully saturated rings. The number of amides is 1. The van der Waals surface area contributed by atoms with E-state index in [4.69, 9.17) is 26.5 Å². The van der Waals surface area contributed by atoms with Crippen LogP contribution in [-0.4, -0.2) is 28.3 Å². The van der Waals surface area contributed by atoms with Gasteiger partial charge in [-0.3, -0.25) is 4.79 Å². The number of rotatable bonds is 8. The molecule has 29 heavy (non-hydrogen) atoms. The molecule has 0 bridgehead atoms. The SMILES string of the molecule is CC(C)(N)C(=O)N[C@H](COCc1ccccc1)c1nnc(-c2ccccc2Cl)o1. The Balaban J connectivity index is 1.77. The highest BCUT2D eigenvalue weighted by atomic mass is 35.5. The summed E-state index contributed by atoms with van der Waals surface area (Å²) in [5.74, 6) is 0.119. The minimum absolute atomic E-state index is 0.140. The predicted molar refractivity (Wildman–Crippen MR) is 110 cm³/mol. The van der Waals surface area contributed by atoms with Crippen molar-refractivity contribution >= 4 is 17.5 Å². The highest BCUT2D eigenvalue weighted by molar-refractivity contribution is 6.33. The monoisotopic (exact) mass is 414 g/mol. The second kappa shape index (κ2) is 9.17. The fourth-order valence-electron chi connectivity index (χ4n) is 2.51. The van der Waals surface area contributed by atoms with Crippen LogP contribution in [0.25, 0.3) is 11.5 Å². The van der Waals surface area contributed by atoms with E-state index in [2.05, 4.69) is 15.5 Å². The predicted octanol–water partition coefficient (Wildman–Crippen LogP) is 3.50. The van der Waals surface area contributed by atoms with Crippen LogP contribution in [0.2, 0.25) is 5.02 Å². The molecule has 0 aliphatic carbocycles. The number of carbonyl (C=O) groups excluding carboxylic acids is 1. The number of nitrogens with one attached hydrogen (secondary N) is 1. The molecule has 3 aromatic rings. The Labute approximate surface area is 174 Å². The van der Waals surface area contributed by atoms with Crippen molar-refractivity contribution in [2.75, 3.05) is 6.61 Å². The van der Waals surface area contributed by atoms with E-state index in [1.165, 1.54) is 0 Å². The molecular weight excluding hydrogens is 392 g/mol. The largest absolute Gasteiger partial charge is 0.418 e. The summed E-state index contributed by atoms with van der Waals surface area (Å²) in [6.45, 7) is 3.76. The molecule has 1 aromatic heterocycles. The van der Waals surface area contributed by atoms with E-state index in [0.29, 0.717) is 17.2 Å². The lowest BCUT2D eigenvalue weighted by molar-refractivity contribution is -0.126. The first-order chi connectivity index (χ1) is 13.8. The second-order valence-corrected chi connectivity index (χ2v) is 7.58. The normalized spacial score (nSPS) is 12.6. The minimum Gasteiger partial charge on any atom is -0.418 e. The van der Waals surface area contributed by atoms with Gasteiger partial charge in [0.25, 0.3) is 0 Å². The third kappa shape index (κ3) is 5.63. The molecule has 3 rings (SSSR count). The number of benzene rings is 2. The number of nitrogens with zero attached hydrogens (tertiary/aromatic N) is 2. The van der Waals surface area contributed by atoms with Gasteiger partial charge in [-0.05, 0) is 31.5 Å². The van der Waals surface area contributed by atoms with Crippen molar-refractivity contribution < 1.29 is 13.9 Å². The molecule has 1 heterocycles. The van der Waals surface area contributed by atoms with Gasteiger partial charge >= 0.3 is 0 Å². The average molecular weight is 415 g/mol. The Kier molecular flexibility index (Phi) is 6.64. The van der Waals surface area contributed by atoms with Gasteiger partial charge in [0.15, 0.2) is 0 Å². The van der Waals surface area contributed by atoms with Crippen molar-refractivity contribution in [3.05, 3.63) is 71.1 Å². The summed E-state index contributed by atoms with van der Waals surface area (Å²) < 4.78 is 11.6. The van der Waals surface area contributed by atoms with Gasteiger partial charge in [0.05, 0.1) is 29.3 Å². The first-order valence-corrected chi connectivity index (χ1v) is 9.52. The van der Waals surface area contributed by atoms with E-state index in [0.717, 1.165) is 5.56 Å². The zero-order chi connectivity index (χ0) is 20.9. The number of ether oxygens (including phenoxy) is 1. The summed E-state index contributed by atoms with van der Waals surface area (Å²) in [6, 6.07) is 16.2. The van der Waals surface area contributed by atoms with E-state index in [-0.39, 0.29) is 24.3 Å². The minimum atomic E-state index is -1.07. The van der Waals surface area contributed by atoms with Gasteiger partial charge in [0.2, 0.25) is 17.7 Å². The van der Waals surface area contributed by atoms with Crippen LogP contribution < -0.4 is 11.1 Å². The molecule has 0 aliphatic heterocycles. The van der Waals surface area contributed by atoms with Crippen LogP contribution in [0, 0.1) is 0 Å². The molecule has 2 aromatic carbocycles. The van der Waals surface area contributed by atoms with Crippen molar-refractivity contribution in [1.82, 2.24) is 15.5 Å². The number of aromatic nitrogens is 2. The van der Waals surface area contributed by atoms with Gasteiger partial charge in [0.1, 0.15) is 6.04 Å². The van der Waals surface area contributed by atoms with Gasteiger partial charge < -0.3 is 20.2 Å². The van der Waals surface area contributed by atoms with E-state index >= 15 is 0 Å². The van der Waals surface area contributed by atoms with Crippen molar-refractivity contribution in [2.45, 2.75) is 32.0 Å². The smallest absolute Gasteiger partial charge is 0.249 e. The molecule has 0 unspecified atom stereocenters. The second-order valence-electron chi connectivity index (χ2n) is 7.17. The third-order valence-electron chi connectivity index (χ3n) is 4.13. The molecule has 0 saturated carbocycles. The van der Waals surface area contributed by atoms with Crippen LogP contribution in [0.3, 0.4) is 0 Å². The maximum atomic E-state index is 12.4. The molecule has 3 N–H and O–H groups in total. The summed E-state index contributed by atoms with van der Waals surface area (Å²) in [5.41, 5.74) is 6.46. The number of halogens is 1. The summed E-state index contributed by atoms with van der Waals surface area (Å²) in [4.78, 5) is 12.4. The summed E-state index contributed by atoms with van der Waals surface area (Å²) in [7, 11) is 0. The van der Waals surface area contributed by atoms with Crippen LogP contribution in [0.15, 0.2) is 59.0 Å². The van der Waals surface area contributed by atoms with E-state index in [9.17, 15) is 4.79 Å². The van der Waals surface area contributed by atoms with E-state index in [1.54, 1.807) is 26.0 Å². The molecule has 0 saturated heterocycles. The Hall–Kier alpha value is -2.74. The van der Waals surface area contributed by atoms with Crippen molar-refractivity contribution in [3.8, 4) is 11.5 Å². The van der Waals surface area contributed by atoms with Crippen LogP contribution in [0.5, 0.6) is 0 Å². The molecule has 1 atom stereocenters. The van der Waals surface area contributed by atoms with Gasteiger partial charge in [0, 0.05) is 0 Å². The Bertz CT molecular complexity index is 954. The van der Waals surface area contributed by atoms with Gasteiger partial charge in [-0.1, -0.05) is 54.1 Å². The summed E-state index contributed by atoms with van der Waals surface area (Å²) in [6.07, 6.45) is 0. The topological polar surface area (TPSA) is 103 Å². The fraction of sp³-hybridized carbons (Fsp3) is 0.286. The molecule has 0 spiro atoms. The molecule has 152 valence electrons. The Morgan fingerprint density at radius 2 is 1.86 bits per heavy atom. The summed E-state index contributed by atoms with van der Waals surface area (Å²) >= 11 is 6.20. The zero-order valence-corrected chi connectivity index (χ0v) is 17.0. The first kappa shape index (κ1) is 21.0. The van der Waals surface area contributed by atoms with Crippen LogP contribution in [-0.2, 0) is 16.1 Å². The van der Waals surface area contributed by atoms with Crippen molar-refractivity contribution in [3.63, 3.8) is 0 Å². The van der Waals surface area contributed by atoms with E-state index < -0.39 is 11.6 Å². The molecule has 0 radical (unpaired) electrons. The fourth-order valence-corrected chi connectivity index (χ4v) is 2.72.